The van der Waals surface area contributed by atoms with Crippen molar-refractivity contribution in [2.45, 2.75) is 25.2 Å². The molecule has 0 bridgehead atoms. The fraction of sp³-hybridized carbons (Fsp3) is 0.533. The van der Waals surface area contributed by atoms with Gasteiger partial charge in [-0.15, -0.1) is 0 Å². The van der Waals surface area contributed by atoms with Crippen LogP contribution in [0.1, 0.15) is 25.3 Å². The highest BCUT2D eigenvalue weighted by Gasteiger charge is 2.43. The highest BCUT2D eigenvalue weighted by molar-refractivity contribution is 5.83. The van der Waals surface area contributed by atoms with Crippen molar-refractivity contribution in [3.05, 3.63) is 35.9 Å². The normalized spacial score (nSPS) is 18.4. The summed E-state index contributed by atoms with van der Waals surface area (Å²) in [5.41, 5.74) is 0.653. The van der Waals surface area contributed by atoms with E-state index in [1.807, 2.05) is 37.3 Å². The van der Waals surface area contributed by atoms with Gasteiger partial charge < -0.3 is 22.0 Å². The summed E-state index contributed by atoms with van der Waals surface area (Å²) in [7, 11) is 2.10. The first-order valence-corrected chi connectivity index (χ1v) is 6.60. The first kappa shape index (κ1) is 16.0. The SMILES string of the molecule is CCOC(=O)C1(c2ccccc2)CCN(C)CC1.[Cl-]. The fourth-order valence-corrected chi connectivity index (χ4v) is 2.64. The lowest BCUT2D eigenvalue weighted by atomic mass is 9.73. The Morgan fingerprint density at radius 3 is 2.37 bits per heavy atom. The minimum absolute atomic E-state index is 0. The zero-order valence-corrected chi connectivity index (χ0v) is 12.3. The number of benzene rings is 1. The molecule has 0 unspecified atom stereocenters. The molecule has 1 saturated heterocycles. The number of nitrogens with zero attached hydrogens (tertiary/aromatic N) is 1. The predicted octanol–water partition coefficient (Wildman–Crippen LogP) is -0.783. The Hall–Kier alpha value is -1.06. The number of carbonyl (C=O) groups is 1. The van der Waals surface area contributed by atoms with Gasteiger partial charge in [0.15, 0.2) is 0 Å². The Balaban J connectivity index is 0.00000180. The Kier molecular flexibility index (Phi) is 5.83. The summed E-state index contributed by atoms with van der Waals surface area (Å²) in [5, 5.41) is 0. The molecular weight excluding hydrogens is 262 g/mol. The molecule has 0 N–H and O–H groups in total. The minimum atomic E-state index is -0.441. The first-order valence-electron chi connectivity index (χ1n) is 6.60. The summed E-state index contributed by atoms with van der Waals surface area (Å²) in [4.78, 5) is 14.7. The molecule has 1 aromatic rings. The van der Waals surface area contributed by atoms with Crippen LogP contribution in [-0.4, -0.2) is 37.6 Å². The van der Waals surface area contributed by atoms with Gasteiger partial charge in [0.25, 0.3) is 0 Å². The Bertz CT molecular complexity index is 400. The largest absolute Gasteiger partial charge is 1.00 e. The van der Waals surface area contributed by atoms with Crippen LogP contribution in [0.25, 0.3) is 0 Å². The van der Waals surface area contributed by atoms with Crippen LogP contribution in [0.5, 0.6) is 0 Å². The summed E-state index contributed by atoms with van der Waals surface area (Å²) >= 11 is 0. The summed E-state index contributed by atoms with van der Waals surface area (Å²) < 4.78 is 5.32. The first-order chi connectivity index (χ1) is 8.69. The van der Waals surface area contributed by atoms with Gasteiger partial charge in [-0.1, -0.05) is 30.3 Å². The molecule has 4 heteroatoms. The van der Waals surface area contributed by atoms with Crippen LogP contribution < -0.4 is 12.4 Å². The molecule has 106 valence electrons. The topological polar surface area (TPSA) is 29.5 Å². The number of hydrogen-bond donors (Lipinski definition) is 0. The van der Waals surface area contributed by atoms with E-state index < -0.39 is 5.41 Å². The maximum absolute atomic E-state index is 12.4. The average Bonchev–Trinajstić information content (AvgIpc) is 2.41. The van der Waals surface area contributed by atoms with E-state index in [-0.39, 0.29) is 18.4 Å². The Morgan fingerprint density at radius 1 is 1.26 bits per heavy atom. The van der Waals surface area contributed by atoms with E-state index in [2.05, 4.69) is 11.9 Å². The van der Waals surface area contributed by atoms with Crippen LogP contribution in [-0.2, 0) is 14.9 Å². The maximum Gasteiger partial charge on any atom is 0.316 e. The standard InChI is InChI=1S/C15H21NO2.ClH/c1-3-18-14(17)15(9-11-16(2)12-10-15)13-7-5-4-6-8-13;/h4-8H,3,9-12H2,1-2H3;1H/p-1. The van der Waals surface area contributed by atoms with Gasteiger partial charge >= 0.3 is 5.97 Å². The molecule has 19 heavy (non-hydrogen) atoms. The lowest BCUT2D eigenvalue weighted by Gasteiger charge is -2.38. The van der Waals surface area contributed by atoms with Crippen molar-refractivity contribution in [3.8, 4) is 0 Å². The molecule has 0 aliphatic carbocycles. The molecule has 0 radical (unpaired) electrons. The van der Waals surface area contributed by atoms with Crippen LogP contribution in [0, 0.1) is 0 Å². The van der Waals surface area contributed by atoms with Crippen molar-refractivity contribution in [1.29, 1.82) is 0 Å². The number of esters is 1. The zero-order chi connectivity index (χ0) is 13.0. The third kappa shape index (κ3) is 3.28. The Morgan fingerprint density at radius 2 is 1.84 bits per heavy atom. The molecule has 0 aromatic heterocycles. The number of halogens is 1. The molecule has 1 aromatic carbocycles. The van der Waals surface area contributed by atoms with E-state index in [1.165, 1.54) is 0 Å². The molecule has 1 aliphatic rings. The monoisotopic (exact) mass is 282 g/mol. The van der Waals surface area contributed by atoms with Crippen molar-refractivity contribution < 1.29 is 21.9 Å². The lowest BCUT2D eigenvalue weighted by molar-refractivity contribution is -0.152. The van der Waals surface area contributed by atoms with Crippen molar-refractivity contribution >= 4 is 5.97 Å². The van der Waals surface area contributed by atoms with Crippen LogP contribution in [0.15, 0.2) is 30.3 Å². The minimum Gasteiger partial charge on any atom is -1.00 e. The molecule has 0 saturated carbocycles. The van der Waals surface area contributed by atoms with Crippen LogP contribution in [0.3, 0.4) is 0 Å². The molecule has 1 fully saturated rings. The van der Waals surface area contributed by atoms with Crippen molar-refractivity contribution in [2.24, 2.45) is 0 Å². The average molecular weight is 283 g/mol. The van der Waals surface area contributed by atoms with E-state index in [4.69, 9.17) is 4.74 Å². The highest BCUT2D eigenvalue weighted by Crippen LogP contribution is 2.36. The number of carbonyl (C=O) groups excluding carboxylic acids is 1. The van der Waals surface area contributed by atoms with E-state index in [1.54, 1.807) is 0 Å². The van der Waals surface area contributed by atoms with E-state index in [0.717, 1.165) is 31.5 Å². The van der Waals surface area contributed by atoms with E-state index >= 15 is 0 Å². The van der Waals surface area contributed by atoms with Gasteiger partial charge in [-0.25, -0.2) is 0 Å². The van der Waals surface area contributed by atoms with Gasteiger partial charge in [-0.3, -0.25) is 4.79 Å². The second-order valence-electron chi connectivity index (χ2n) is 4.97. The summed E-state index contributed by atoms with van der Waals surface area (Å²) in [6.07, 6.45) is 1.68. The van der Waals surface area contributed by atoms with Crippen molar-refractivity contribution in [1.82, 2.24) is 4.90 Å². The third-order valence-corrected chi connectivity index (χ3v) is 3.83. The van der Waals surface area contributed by atoms with E-state index in [0.29, 0.717) is 6.61 Å². The molecular formula is C15H21ClNO2-. The van der Waals surface area contributed by atoms with Gasteiger partial charge in [0, 0.05) is 0 Å². The summed E-state index contributed by atoms with van der Waals surface area (Å²) in [6, 6.07) is 10.1. The van der Waals surface area contributed by atoms with Crippen molar-refractivity contribution in [2.75, 3.05) is 26.7 Å². The second-order valence-corrected chi connectivity index (χ2v) is 4.97. The number of ether oxygens (including phenoxy) is 1. The smallest absolute Gasteiger partial charge is 0.316 e. The number of hydrogen-bond acceptors (Lipinski definition) is 3. The van der Waals surface area contributed by atoms with Gasteiger partial charge in [0.05, 0.1) is 12.0 Å². The molecule has 0 spiro atoms. The van der Waals surface area contributed by atoms with Crippen LogP contribution in [0.2, 0.25) is 0 Å². The van der Waals surface area contributed by atoms with E-state index in [9.17, 15) is 4.79 Å². The quantitative estimate of drug-likeness (QED) is 0.681. The van der Waals surface area contributed by atoms with Crippen molar-refractivity contribution in [3.63, 3.8) is 0 Å². The predicted molar refractivity (Wildman–Crippen MR) is 71.5 cm³/mol. The highest BCUT2D eigenvalue weighted by atomic mass is 35.5. The fourth-order valence-electron chi connectivity index (χ4n) is 2.64. The van der Waals surface area contributed by atoms with Crippen LogP contribution in [0.4, 0.5) is 0 Å². The number of rotatable bonds is 3. The Labute approximate surface area is 121 Å². The number of likely N-dealkylation sites (tertiary alicyclic amines) is 1. The molecule has 1 heterocycles. The van der Waals surface area contributed by atoms with Gasteiger partial charge in [-0.05, 0) is 45.5 Å². The molecule has 0 atom stereocenters. The zero-order valence-electron chi connectivity index (χ0n) is 11.6. The molecule has 2 rings (SSSR count). The molecule has 0 amide bonds. The van der Waals surface area contributed by atoms with Gasteiger partial charge in [0.2, 0.25) is 0 Å². The summed E-state index contributed by atoms with van der Waals surface area (Å²) in [6.45, 7) is 4.19. The molecule has 1 aliphatic heterocycles. The second kappa shape index (κ2) is 6.92. The van der Waals surface area contributed by atoms with Gasteiger partial charge in [-0.2, -0.15) is 0 Å². The van der Waals surface area contributed by atoms with Gasteiger partial charge in [0.1, 0.15) is 0 Å². The molecule has 3 nitrogen and oxygen atoms in total. The number of piperidine rings is 1. The third-order valence-electron chi connectivity index (χ3n) is 3.83. The van der Waals surface area contributed by atoms with Crippen LogP contribution >= 0.6 is 0 Å². The summed E-state index contributed by atoms with van der Waals surface area (Å²) in [5.74, 6) is -0.0655. The maximum atomic E-state index is 12.4. The lowest BCUT2D eigenvalue weighted by Crippen LogP contribution is -3.00.